The Labute approximate surface area is 122 Å². The van der Waals surface area contributed by atoms with Crippen LogP contribution in [-0.4, -0.2) is 17.5 Å². The van der Waals surface area contributed by atoms with Gasteiger partial charge in [-0.25, -0.2) is 0 Å². The molecule has 1 nitrogen and oxygen atoms in total. The summed E-state index contributed by atoms with van der Waals surface area (Å²) in [5.41, 5.74) is 9.35. The van der Waals surface area contributed by atoms with E-state index < -0.39 is 0 Å². The molecular weight excluding hydrogens is 306 g/mol. The van der Waals surface area contributed by atoms with Crippen LogP contribution >= 0.6 is 27.7 Å². The lowest BCUT2D eigenvalue weighted by Gasteiger charge is -2.22. The molecule has 1 saturated heterocycles. The number of nitrogens with two attached hydrogens (primary N) is 1. The molecule has 1 aliphatic carbocycles. The summed E-state index contributed by atoms with van der Waals surface area (Å²) in [5.74, 6) is 3.32. The summed E-state index contributed by atoms with van der Waals surface area (Å²) in [7, 11) is 0. The van der Waals surface area contributed by atoms with Crippen molar-refractivity contribution in [3.8, 4) is 0 Å². The van der Waals surface area contributed by atoms with E-state index in [2.05, 4.69) is 52.8 Å². The SMILES string of the molecule is CC(N)C1(c2ccc(C3CCSC3)c(Br)c2)CC1. The van der Waals surface area contributed by atoms with Crippen molar-refractivity contribution in [2.45, 2.75) is 43.6 Å². The topological polar surface area (TPSA) is 26.0 Å². The van der Waals surface area contributed by atoms with E-state index >= 15 is 0 Å². The van der Waals surface area contributed by atoms with Crippen molar-refractivity contribution in [2.75, 3.05) is 11.5 Å². The third-order valence-electron chi connectivity index (χ3n) is 4.61. The maximum absolute atomic E-state index is 6.16. The molecule has 2 fully saturated rings. The van der Waals surface area contributed by atoms with Crippen molar-refractivity contribution < 1.29 is 0 Å². The molecule has 2 atom stereocenters. The Balaban J connectivity index is 1.89. The average molecular weight is 326 g/mol. The van der Waals surface area contributed by atoms with Crippen molar-refractivity contribution in [3.63, 3.8) is 0 Å². The van der Waals surface area contributed by atoms with Crippen LogP contribution in [-0.2, 0) is 5.41 Å². The van der Waals surface area contributed by atoms with Crippen LogP contribution in [0.1, 0.15) is 43.2 Å². The minimum Gasteiger partial charge on any atom is -0.327 e. The number of benzene rings is 1. The highest BCUT2D eigenvalue weighted by Crippen LogP contribution is 2.51. The Morgan fingerprint density at radius 1 is 1.44 bits per heavy atom. The van der Waals surface area contributed by atoms with Crippen LogP contribution in [0.2, 0.25) is 0 Å². The predicted molar refractivity (Wildman–Crippen MR) is 83.4 cm³/mol. The zero-order valence-corrected chi connectivity index (χ0v) is 13.2. The quantitative estimate of drug-likeness (QED) is 0.907. The second kappa shape index (κ2) is 4.84. The zero-order valence-electron chi connectivity index (χ0n) is 10.8. The molecule has 1 aliphatic heterocycles. The second-order valence-corrected chi connectivity index (χ2v) is 7.75. The van der Waals surface area contributed by atoms with Crippen molar-refractivity contribution in [2.24, 2.45) is 5.73 Å². The van der Waals surface area contributed by atoms with Gasteiger partial charge >= 0.3 is 0 Å². The van der Waals surface area contributed by atoms with E-state index in [1.54, 1.807) is 0 Å². The Kier molecular flexibility index (Phi) is 3.50. The molecule has 2 unspecified atom stereocenters. The summed E-state index contributed by atoms with van der Waals surface area (Å²) in [5, 5.41) is 0. The van der Waals surface area contributed by atoms with Gasteiger partial charge in [-0.2, -0.15) is 11.8 Å². The molecule has 0 amide bonds. The molecule has 98 valence electrons. The van der Waals surface area contributed by atoms with Crippen LogP contribution in [0.5, 0.6) is 0 Å². The predicted octanol–water partition coefficient (Wildman–Crippen LogP) is 4.05. The smallest absolute Gasteiger partial charge is 0.0213 e. The van der Waals surface area contributed by atoms with Gasteiger partial charge in [0.05, 0.1) is 0 Å². The summed E-state index contributed by atoms with van der Waals surface area (Å²) in [4.78, 5) is 0. The monoisotopic (exact) mass is 325 g/mol. The van der Waals surface area contributed by atoms with Gasteiger partial charge in [0, 0.05) is 21.7 Å². The van der Waals surface area contributed by atoms with Crippen LogP contribution in [0.3, 0.4) is 0 Å². The lowest BCUT2D eigenvalue weighted by atomic mass is 9.87. The molecule has 0 spiro atoms. The van der Waals surface area contributed by atoms with E-state index in [4.69, 9.17) is 5.73 Å². The summed E-state index contributed by atoms with van der Waals surface area (Å²) >= 11 is 5.85. The van der Waals surface area contributed by atoms with Crippen LogP contribution < -0.4 is 5.73 Å². The molecule has 1 aromatic rings. The maximum Gasteiger partial charge on any atom is 0.0213 e. The highest BCUT2D eigenvalue weighted by Gasteiger charge is 2.47. The molecule has 3 rings (SSSR count). The molecule has 2 N–H and O–H groups in total. The molecule has 3 heteroatoms. The molecule has 0 aromatic heterocycles. The van der Waals surface area contributed by atoms with Gasteiger partial charge in [0.2, 0.25) is 0 Å². The third-order valence-corrected chi connectivity index (χ3v) is 6.45. The van der Waals surface area contributed by atoms with Gasteiger partial charge < -0.3 is 5.73 Å². The Morgan fingerprint density at radius 3 is 2.72 bits per heavy atom. The lowest BCUT2D eigenvalue weighted by molar-refractivity contribution is 0.556. The van der Waals surface area contributed by atoms with Gasteiger partial charge in [-0.3, -0.25) is 0 Å². The van der Waals surface area contributed by atoms with Crippen LogP contribution in [0, 0.1) is 0 Å². The van der Waals surface area contributed by atoms with Gasteiger partial charge in [0.1, 0.15) is 0 Å². The molecule has 0 bridgehead atoms. The number of halogens is 1. The fraction of sp³-hybridized carbons (Fsp3) is 0.600. The first-order chi connectivity index (χ1) is 8.63. The van der Waals surface area contributed by atoms with Crippen LogP contribution in [0.25, 0.3) is 0 Å². The molecule has 1 aromatic carbocycles. The number of hydrogen-bond donors (Lipinski definition) is 1. The molecule has 0 radical (unpaired) electrons. The molecule has 18 heavy (non-hydrogen) atoms. The Morgan fingerprint density at radius 2 is 2.22 bits per heavy atom. The first kappa shape index (κ1) is 13.0. The lowest BCUT2D eigenvalue weighted by Crippen LogP contribution is -2.31. The minimum atomic E-state index is 0.261. The fourth-order valence-electron chi connectivity index (χ4n) is 3.09. The maximum atomic E-state index is 6.16. The van der Waals surface area contributed by atoms with E-state index in [0.29, 0.717) is 0 Å². The van der Waals surface area contributed by atoms with E-state index in [9.17, 15) is 0 Å². The fourth-order valence-corrected chi connectivity index (χ4v) is 5.04. The largest absolute Gasteiger partial charge is 0.327 e. The number of thioether (sulfide) groups is 1. The van der Waals surface area contributed by atoms with Crippen molar-refractivity contribution in [3.05, 3.63) is 33.8 Å². The second-order valence-electron chi connectivity index (χ2n) is 5.74. The first-order valence-electron chi connectivity index (χ1n) is 6.77. The standard InChI is InChI=1S/C15H20BrNS/c1-10(17)15(5-6-15)12-2-3-13(14(16)8-12)11-4-7-18-9-11/h2-3,8,10-11H,4-7,9,17H2,1H3. The van der Waals surface area contributed by atoms with Gasteiger partial charge in [-0.1, -0.05) is 28.1 Å². The van der Waals surface area contributed by atoms with Gasteiger partial charge in [0.15, 0.2) is 0 Å². The van der Waals surface area contributed by atoms with E-state index in [1.807, 2.05) is 0 Å². The normalized spacial score (nSPS) is 27.2. The van der Waals surface area contributed by atoms with Crippen molar-refractivity contribution in [1.82, 2.24) is 0 Å². The molecule has 2 aliphatic rings. The summed E-state index contributed by atoms with van der Waals surface area (Å²) in [6.45, 7) is 2.14. The minimum absolute atomic E-state index is 0.261. The average Bonchev–Trinajstić information content (AvgIpc) is 2.99. The number of rotatable bonds is 3. The zero-order chi connectivity index (χ0) is 12.8. The molecular formula is C15H20BrNS. The Hall–Kier alpha value is 0.01000. The van der Waals surface area contributed by atoms with Gasteiger partial charge in [0.25, 0.3) is 0 Å². The van der Waals surface area contributed by atoms with Crippen molar-refractivity contribution >= 4 is 27.7 Å². The van der Waals surface area contributed by atoms with E-state index in [1.165, 1.54) is 46.4 Å². The summed E-state index contributed by atoms with van der Waals surface area (Å²) < 4.78 is 1.29. The van der Waals surface area contributed by atoms with Crippen LogP contribution in [0.15, 0.2) is 22.7 Å². The van der Waals surface area contributed by atoms with Gasteiger partial charge in [-0.15, -0.1) is 0 Å². The molecule has 1 heterocycles. The number of hydrogen-bond acceptors (Lipinski definition) is 2. The summed E-state index contributed by atoms with van der Waals surface area (Å²) in [6, 6.07) is 7.24. The van der Waals surface area contributed by atoms with Gasteiger partial charge in [-0.05, 0) is 55.1 Å². The third kappa shape index (κ3) is 2.14. The summed E-state index contributed by atoms with van der Waals surface area (Å²) in [6.07, 6.45) is 3.81. The Bertz CT molecular complexity index is 448. The highest BCUT2D eigenvalue weighted by atomic mass is 79.9. The van der Waals surface area contributed by atoms with E-state index in [-0.39, 0.29) is 11.5 Å². The van der Waals surface area contributed by atoms with Crippen molar-refractivity contribution in [1.29, 1.82) is 0 Å². The molecule has 1 saturated carbocycles. The first-order valence-corrected chi connectivity index (χ1v) is 8.71. The van der Waals surface area contributed by atoms with Crippen LogP contribution in [0.4, 0.5) is 0 Å². The highest BCUT2D eigenvalue weighted by molar-refractivity contribution is 9.10. The van der Waals surface area contributed by atoms with E-state index in [0.717, 1.165) is 5.92 Å².